The van der Waals surface area contributed by atoms with Crippen LogP contribution < -0.4 is 21.3 Å². The summed E-state index contributed by atoms with van der Waals surface area (Å²) < 4.78 is 7.71. The Hall–Kier alpha value is -4.52. The maximum absolute atomic E-state index is 13.5. The smallest absolute Gasteiger partial charge is 0.361 e. The van der Waals surface area contributed by atoms with E-state index in [0.29, 0.717) is 28.6 Å². The predicted octanol–water partition coefficient (Wildman–Crippen LogP) is 3.56. The first-order chi connectivity index (χ1) is 21.4. The lowest BCUT2D eigenvalue weighted by Crippen LogP contribution is -2.44. The number of nitrogens with one attached hydrogen (secondary N) is 2. The van der Waals surface area contributed by atoms with Crippen LogP contribution in [0.2, 0.25) is 0 Å². The molecule has 2 fully saturated rings. The maximum Gasteiger partial charge on any atom is 0.361 e. The van der Waals surface area contributed by atoms with Crippen LogP contribution in [-0.2, 0) is 9.53 Å². The van der Waals surface area contributed by atoms with Gasteiger partial charge in [0, 0.05) is 54.9 Å². The van der Waals surface area contributed by atoms with E-state index in [1.807, 2.05) is 41.2 Å². The summed E-state index contributed by atoms with van der Waals surface area (Å²) in [5.74, 6) is -1.43. The van der Waals surface area contributed by atoms with Crippen LogP contribution in [-0.4, -0.2) is 82.8 Å². The van der Waals surface area contributed by atoms with Crippen molar-refractivity contribution in [1.29, 1.82) is 0 Å². The Morgan fingerprint density at radius 3 is 2.42 bits per heavy atom. The maximum atomic E-state index is 13.5. The largest absolute Gasteiger partial charge is 0.442 e. The van der Waals surface area contributed by atoms with Crippen molar-refractivity contribution >= 4 is 41.5 Å². The summed E-state index contributed by atoms with van der Waals surface area (Å²) in [6.45, 7) is 5.78. The van der Waals surface area contributed by atoms with E-state index in [0.717, 1.165) is 57.8 Å². The Bertz CT molecular complexity index is 1590. The first kappa shape index (κ1) is 31.9. The van der Waals surface area contributed by atoms with Crippen molar-refractivity contribution in [3.63, 3.8) is 0 Å². The minimum absolute atomic E-state index is 0. The van der Waals surface area contributed by atoms with Crippen LogP contribution in [0.25, 0.3) is 11.3 Å². The lowest BCUT2D eigenvalue weighted by atomic mass is 10.1. The summed E-state index contributed by atoms with van der Waals surface area (Å²) in [7, 11) is 2.12. The Morgan fingerprint density at radius 2 is 1.71 bits per heavy atom. The van der Waals surface area contributed by atoms with Gasteiger partial charge in [-0.3, -0.25) is 9.48 Å². The number of piperidine rings is 1. The highest BCUT2D eigenvalue weighted by Crippen LogP contribution is 2.26. The number of aromatic nitrogens is 4. The Labute approximate surface area is 268 Å². The number of rotatable bonds is 8. The SMILES string of the molecule is CN1CCN(c2ccc(NC(=O)[C@H](OC(=O)c3nc(-c4cnn(C5CCNCC5)c4)cnc3N)c3ccccc3)cc2)CC1.Cl. The summed E-state index contributed by atoms with van der Waals surface area (Å²) in [6.07, 6.45) is 5.83. The number of amides is 1. The number of nitrogens with zero attached hydrogens (tertiary/aromatic N) is 6. The molecule has 13 heteroatoms. The molecule has 4 aromatic rings. The molecule has 2 aromatic carbocycles. The molecule has 6 rings (SSSR count). The first-order valence-corrected chi connectivity index (χ1v) is 14.9. The molecule has 2 saturated heterocycles. The van der Waals surface area contributed by atoms with Gasteiger partial charge in [0.1, 0.15) is 0 Å². The van der Waals surface area contributed by atoms with Crippen molar-refractivity contribution in [1.82, 2.24) is 30.0 Å². The highest BCUT2D eigenvalue weighted by atomic mass is 35.5. The number of likely N-dealkylation sites (N-methyl/N-ethyl adjacent to an activating group) is 1. The van der Waals surface area contributed by atoms with Crippen LogP contribution in [0.1, 0.15) is 41.0 Å². The number of hydrogen-bond acceptors (Lipinski definition) is 10. The molecule has 12 nitrogen and oxygen atoms in total. The fourth-order valence-corrected chi connectivity index (χ4v) is 5.52. The van der Waals surface area contributed by atoms with Crippen molar-refractivity contribution in [2.45, 2.75) is 25.0 Å². The molecule has 0 unspecified atom stereocenters. The van der Waals surface area contributed by atoms with Crippen molar-refractivity contribution in [3.05, 3.63) is 84.4 Å². The van der Waals surface area contributed by atoms with Crippen molar-refractivity contribution < 1.29 is 14.3 Å². The van der Waals surface area contributed by atoms with Crippen molar-refractivity contribution in [3.8, 4) is 11.3 Å². The summed E-state index contributed by atoms with van der Waals surface area (Å²) in [5.41, 5.74) is 9.26. The zero-order chi connectivity index (χ0) is 30.5. The number of ether oxygens (including phenoxy) is 1. The monoisotopic (exact) mass is 631 g/mol. The van der Waals surface area contributed by atoms with Crippen LogP contribution in [0, 0.1) is 0 Å². The van der Waals surface area contributed by atoms with Gasteiger partial charge in [-0.2, -0.15) is 5.10 Å². The van der Waals surface area contributed by atoms with Crippen LogP contribution in [0.5, 0.6) is 0 Å². The number of carbonyl (C=O) groups is 2. The fourth-order valence-electron chi connectivity index (χ4n) is 5.52. The summed E-state index contributed by atoms with van der Waals surface area (Å²) in [5, 5.41) is 10.8. The van der Waals surface area contributed by atoms with Crippen LogP contribution >= 0.6 is 12.4 Å². The number of nitrogens with two attached hydrogens (primary N) is 1. The molecule has 2 aliphatic heterocycles. The van der Waals surface area contributed by atoms with E-state index in [1.54, 1.807) is 30.5 Å². The van der Waals surface area contributed by atoms with Crippen LogP contribution in [0.3, 0.4) is 0 Å². The molecular formula is C32H38ClN9O3. The van der Waals surface area contributed by atoms with Gasteiger partial charge in [0.25, 0.3) is 5.91 Å². The quantitative estimate of drug-likeness (QED) is 0.247. The third-order valence-electron chi connectivity index (χ3n) is 8.14. The zero-order valence-corrected chi connectivity index (χ0v) is 25.9. The standard InChI is InChI=1S/C32H37N9O3.ClH/c1-39-15-17-40(18-16-39)25-9-7-24(8-10-25)37-31(42)29(22-5-3-2-4-6-22)44-32(43)28-30(33)35-20-27(38-28)23-19-36-41(21-23)26-11-13-34-14-12-26;/h2-10,19-21,26,29,34H,11-18H2,1H3,(H2,33,35)(H,37,42);1H/t29-;/m1./s1. The van der Waals surface area contributed by atoms with Gasteiger partial charge in [0.05, 0.1) is 24.1 Å². The Balaban J connectivity index is 0.00000400. The topological polar surface area (TPSA) is 144 Å². The molecule has 236 valence electrons. The predicted molar refractivity (Wildman–Crippen MR) is 175 cm³/mol. The van der Waals surface area contributed by atoms with Gasteiger partial charge in [-0.05, 0) is 57.2 Å². The minimum Gasteiger partial charge on any atom is -0.442 e. The Kier molecular flexibility index (Phi) is 10.3. The molecule has 1 atom stereocenters. The number of piperazine rings is 1. The second kappa shape index (κ2) is 14.5. The molecule has 0 aliphatic carbocycles. The highest BCUT2D eigenvalue weighted by molar-refractivity contribution is 5.99. The molecule has 0 bridgehead atoms. The lowest BCUT2D eigenvalue weighted by Gasteiger charge is -2.34. The average Bonchev–Trinajstić information content (AvgIpc) is 3.56. The third kappa shape index (κ3) is 7.59. The first-order valence-electron chi connectivity index (χ1n) is 14.9. The lowest BCUT2D eigenvalue weighted by molar-refractivity contribution is -0.125. The fraction of sp³-hybridized carbons (Fsp3) is 0.344. The number of esters is 1. The van der Waals surface area contributed by atoms with Gasteiger partial charge in [-0.1, -0.05) is 30.3 Å². The van der Waals surface area contributed by atoms with E-state index in [4.69, 9.17) is 10.5 Å². The molecule has 2 aromatic heterocycles. The van der Waals surface area contributed by atoms with Gasteiger partial charge >= 0.3 is 5.97 Å². The van der Waals surface area contributed by atoms with Gasteiger partial charge in [-0.15, -0.1) is 12.4 Å². The number of hydrogen-bond donors (Lipinski definition) is 3. The van der Waals surface area contributed by atoms with E-state index in [-0.39, 0.29) is 23.9 Å². The summed E-state index contributed by atoms with van der Waals surface area (Å²) in [6, 6.07) is 16.8. The number of benzene rings is 2. The van der Waals surface area contributed by atoms with Crippen LogP contribution in [0.4, 0.5) is 17.2 Å². The number of carbonyl (C=O) groups excluding carboxylic acids is 2. The van der Waals surface area contributed by atoms with Gasteiger partial charge in [-0.25, -0.2) is 14.8 Å². The van der Waals surface area contributed by atoms with E-state index < -0.39 is 18.0 Å². The normalized spacial score (nSPS) is 16.4. The van der Waals surface area contributed by atoms with Gasteiger partial charge in [0.15, 0.2) is 11.5 Å². The van der Waals surface area contributed by atoms with Crippen molar-refractivity contribution in [2.75, 3.05) is 62.3 Å². The van der Waals surface area contributed by atoms with Gasteiger partial charge in [0.2, 0.25) is 6.10 Å². The number of anilines is 3. The molecule has 4 N–H and O–H groups in total. The van der Waals surface area contributed by atoms with E-state index >= 15 is 0 Å². The third-order valence-corrected chi connectivity index (χ3v) is 8.14. The van der Waals surface area contributed by atoms with Crippen LogP contribution in [0.15, 0.2) is 73.2 Å². The molecule has 45 heavy (non-hydrogen) atoms. The van der Waals surface area contributed by atoms with E-state index in [1.165, 1.54) is 6.20 Å². The number of halogens is 1. The molecule has 0 saturated carbocycles. The summed E-state index contributed by atoms with van der Waals surface area (Å²) >= 11 is 0. The second-order valence-corrected chi connectivity index (χ2v) is 11.2. The molecule has 0 spiro atoms. The average molecular weight is 632 g/mol. The Morgan fingerprint density at radius 1 is 1.00 bits per heavy atom. The molecule has 2 aliphatic rings. The molecule has 1 amide bonds. The van der Waals surface area contributed by atoms with E-state index in [2.05, 4.69) is 42.5 Å². The minimum atomic E-state index is -1.24. The molecule has 0 radical (unpaired) electrons. The highest BCUT2D eigenvalue weighted by Gasteiger charge is 2.28. The van der Waals surface area contributed by atoms with E-state index in [9.17, 15) is 9.59 Å². The second-order valence-electron chi connectivity index (χ2n) is 11.2. The molecule has 4 heterocycles. The van der Waals surface area contributed by atoms with Gasteiger partial charge < -0.3 is 30.9 Å². The summed E-state index contributed by atoms with van der Waals surface area (Å²) in [4.78, 5) is 40.3. The zero-order valence-electron chi connectivity index (χ0n) is 25.1. The molecular weight excluding hydrogens is 594 g/mol. The number of nitrogen functional groups attached to an aromatic ring is 1. The van der Waals surface area contributed by atoms with Crippen molar-refractivity contribution in [2.24, 2.45) is 0 Å².